The molecule has 0 spiro atoms. The summed E-state index contributed by atoms with van der Waals surface area (Å²) in [6.07, 6.45) is -2.06. The standard InChI is InChI=1S/C41H52N4O10S/c1-19-13-25-15-29-22(4)35(40(51)54-11-9-33(47)52-7)36(45-29)23(5)28-14-20(2)27(43-28)16-30-21(3)34(31(44-30)17-26(19)42-25)24(6)53-10-8-12-56-41-39(50)38(49)37(48)32(18-46)55-41/h13,15-17,20,24,32,37-39,41,44-46,48-50H,8-12,14,18H2,1-7H3/t20?,24?,32-,37-,38+,39-,41+/m1/s1. The quantitative estimate of drug-likeness (QED) is 0.107. The molecule has 14 nitrogen and oxygen atoms in total. The first kappa shape index (κ1) is 41.5. The average molecular weight is 793 g/mol. The molecule has 0 saturated carbocycles. The molecule has 302 valence electrons. The second-order valence-corrected chi connectivity index (χ2v) is 15.9. The maximum atomic E-state index is 13.5. The third-order valence-electron chi connectivity index (χ3n) is 10.8. The Labute approximate surface area is 329 Å². The molecule has 3 aliphatic heterocycles. The number of thioether (sulfide) groups is 1. The van der Waals surface area contributed by atoms with Crippen LogP contribution in [0.3, 0.4) is 0 Å². The van der Waals surface area contributed by atoms with Crippen molar-refractivity contribution in [3.05, 3.63) is 68.8 Å². The van der Waals surface area contributed by atoms with E-state index in [2.05, 4.69) is 29.9 Å². The minimum absolute atomic E-state index is 0.0445. The van der Waals surface area contributed by atoms with Crippen molar-refractivity contribution in [3.8, 4) is 0 Å². The molecule has 6 heterocycles. The number of carbonyl (C=O) groups is 2. The van der Waals surface area contributed by atoms with Gasteiger partial charge in [0.1, 0.15) is 36.5 Å². The van der Waals surface area contributed by atoms with Crippen LogP contribution in [0.15, 0.2) is 18.2 Å². The number of aromatic nitrogens is 4. The fourth-order valence-electron chi connectivity index (χ4n) is 7.41. The largest absolute Gasteiger partial charge is 0.469 e. The molecule has 1 fully saturated rings. The number of methoxy groups -OCH3 is 1. The predicted molar refractivity (Wildman–Crippen MR) is 213 cm³/mol. The molecular weight excluding hydrogens is 741 g/mol. The van der Waals surface area contributed by atoms with Crippen molar-refractivity contribution in [1.29, 1.82) is 0 Å². The SMILES string of the molecule is COC(=O)CCOC(=O)c1c(C)c2cc3nc(cc4[nH]c(cc5nc(c(C)c1[nH]2)CC5C)c(C)c4C(C)OCCCS[C@@H]1O[C@H](CO)[C@@H](O)[C@H](O)[C@H]1O)C(C)=C3. The van der Waals surface area contributed by atoms with Gasteiger partial charge in [-0.1, -0.05) is 6.92 Å². The molecule has 0 aromatic carbocycles. The lowest BCUT2D eigenvalue weighted by Gasteiger charge is -2.39. The second kappa shape index (κ2) is 17.6. The van der Waals surface area contributed by atoms with Gasteiger partial charge in [0.05, 0.1) is 48.7 Å². The van der Waals surface area contributed by atoms with Gasteiger partial charge in [0, 0.05) is 46.0 Å². The number of hydrogen-bond acceptors (Lipinski definition) is 13. The molecule has 56 heavy (non-hydrogen) atoms. The molecule has 2 unspecified atom stereocenters. The van der Waals surface area contributed by atoms with Gasteiger partial charge >= 0.3 is 11.9 Å². The van der Waals surface area contributed by atoms with Crippen LogP contribution in [0.1, 0.15) is 101 Å². The summed E-state index contributed by atoms with van der Waals surface area (Å²) >= 11 is 1.30. The van der Waals surface area contributed by atoms with Crippen LogP contribution >= 0.6 is 11.8 Å². The summed E-state index contributed by atoms with van der Waals surface area (Å²) < 4.78 is 22.3. The number of hydrogen-bond donors (Lipinski definition) is 6. The Balaban J connectivity index is 1.34. The Bertz CT molecular complexity index is 2160. The van der Waals surface area contributed by atoms with E-state index >= 15 is 0 Å². The fraction of sp³-hybridized carbons (Fsp3) is 0.512. The Hall–Kier alpha value is -4.09. The van der Waals surface area contributed by atoms with Crippen LogP contribution in [0.2, 0.25) is 0 Å². The third-order valence-corrected chi connectivity index (χ3v) is 12.0. The Morgan fingerprint density at radius 3 is 2.45 bits per heavy atom. The van der Waals surface area contributed by atoms with Crippen molar-refractivity contribution in [3.63, 3.8) is 0 Å². The summed E-state index contributed by atoms with van der Waals surface area (Å²) in [6.45, 7) is 11.9. The van der Waals surface area contributed by atoms with Gasteiger partial charge < -0.3 is 49.3 Å². The molecule has 1 saturated heterocycles. The first-order valence-electron chi connectivity index (χ1n) is 18.9. The lowest BCUT2D eigenvalue weighted by molar-refractivity contribution is -0.205. The summed E-state index contributed by atoms with van der Waals surface area (Å²) in [4.78, 5) is 42.4. The first-order valence-corrected chi connectivity index (χ1v) is 20.0. The maximum absolute atomic E-state index is 13.5. The minimum atomic E-state index is -1.40. The van der Waals surface area contributed by atoms with E-state index in [1.54, 1.807) is 0 Å². The molecule has 3 aliphatic rings. The number of aliphatic hydroxyl groups is 4. The predicted octanol–water partition coefficient (Wildman–Crippen LogP) is 4.87. The molecule has 3 aromatic rings. The van der Waals surface area contributed by atoms with E-state index < -0.39 is 48.4 Å². The highest BCUT2D eigenvalue weighted by molar-refractivity contribution is 7.99. The van der Waals surface area contributed by atoms with Crippen molar-refractivity contribution in [2.75, 3.05) is 32.7 Å². The molecule has 0 amide bonds. The van der Waals surface area contributed by atoms with E-state index in [9.17, 15) is 30.0 Å². The van der Waals surface area contributed by atoms with Crippen LogP contribution in [0.25, 0.3) is 33.7 Å². The van der Waals surface area contributed by atoms with Crippen LogP contribution in [0.4, 0.5) is 0 Å². The van der Waals surface area contributed by atoms with Crippen molar-refractivity contribution in [1.82, 2.24) is 19.9 Å². The van der Waals surface area contributed by atoms with E-state index in [1.807, 2.05) is 45.9 Å². The van der Waals surface area contributed by atoms with Crippen molar-refractivity contribution in [2.45, 2.75) is 103 Å². The van der Waals surface area contributed by atoms with Gasteiger partial charge in [0.25, 0.3) is 0 Å². The van der Waals surface area contributed by atoms with Gasteiger partial charge in [-0.25, -0.2) is 9.78 Å². The lowest BCUT2D eigenvalue weighted by atomic mass is 10.0. The van der Waals surface area contributed by atoms with E-state index in [-0.39, 0.29) is 25.0 Å². The first-order chi connectivity index (χ1) is 26.7. The number of nitrogens with zero attached hydrogens (tertiary/aromatic N) is 2. The summed E-state index contributed by atoms with van der Waals surface area (Å²) in [5, 5.41) is 40.1. The number of aromatic amines is 2. The number of nitrogens with one attached hydrogen (secondary N) is 2. The highest BCUT2D eigenvalue weighted by atomic mass is 32.2. The van der Waals surface area contributed by atoms with Crippen molar-refractivity contribution < 1.29 is 49.0 Å². The zero-order valence-corrected chi connectivity index (χ0v) is 33.7. The van der Waals surface area contributed by atoms with Gasteiger partial charge in [-0.3, -0.25) is 9.78 Å². The minimum Gasteiger partial charge on any atom is -0.469 e. The van der Waals surface area contributed by atoms with Gasteiger partial charge in [0.2, 0.25) is 0 Å². The van der Waals surface area contributed by atoms with Crippen molar-refractivity contribution in [2.24, 2.45) is 0 Å². The molecule has 7 atom stereocenters. The van der Waals surface area contributed by atoms with Gasteiger partial charge in [0.15, 0.2) is 0 Å². The Morgan fingerprint density at radius 2 is 1.71 bits per heavy atom. The number of aryl methyl sites for hydroxylation is 3. The number of rotatable bonds is 12. The van der Waals surface area contributed by atoms with Gasteiger partial charge in [-0.15, -0.1) is 11.8 Å². The average Bonchev–Trinajstić information content (AvgIpc) is 3.90. The van der Waals surface area contributed by atoms with Crippen LogP contribution < -0.4 is 0 Å². The fourth-order valence-corrected chi connectivity index (χ4v) is 8.50. The van der Waals surface area contributed by atoms with Crippen LogP contribution in [-0.4, -0.2) is 115 Å². The van der Waals surface area contributed by atoms with Crippen LogP contribution in [0.5, 0.6) is 0 Å². The van der Waals surface area contributed by atoms with E-state index in [1.165, 1.54) is 18.9 Å². The summed E-state index contributed by atoms with van der Waals surface area (Å²) in [7, 11) is 1.29. The van der Waals surface area contributed by atoms with Crippen LogP contribution in [-0.2, 0) is 30.2 Å². The number of carbonyl (C=O) groups excluding carboxylic acids is 2. The molecule has 6 N–H and O–H groups in total. The second-order valence-electron chi connectivity index (χ2n) is 14.7. The third kappa shape index (κ3) is 8.59. The van der Waals surface area contributed by atoms with E-state index in [0.29, 0.717) is 53.1 Å². The Kier molecular flexibility index (Phi) is 13.0. The molecule has 0 radical (unpaired) electrons. The monoisotopic (exact) mass is 792 g/mol. The lowest BCUT2D eigenvalue weighted by Crippen LogP contribution is -2.57. The Morgan fingerprint density at radius 1 is 0.964 bits per heavy atom. The zero-order chi connectivity index (χ0) is 40.4. The maximum Gasteiger partial charge on any atom is 0.340 e. The normalized spacial score (nSPS) is 22.8. The van der Waals surface area contributed by atoms with Crippen LogP contribution in [0, 0.1) is 20.8 Å². The number of allylic oxidation sites excluding steroid dienone is 1. The highest BCUT2D eigenvalue weighted by Crippen LogP contribution is 2.35. The number of esters is 2. The topological polar surface area (TPSA) is 209 Å². The van der Waals surface area contributed by atoms with Crippen molar-refractivity contribution >= 4 is 57.4 Å². The highest BCUT2D eigenvalue weighted by Gasteiger charge is 2.43. The van der Waals surface area contributed by atoms with E-state index in [4.69, 9.17) is 28.9 Å². The smallest absolute Gasteiger partial charge is 0.340 e. The molecule has 0 aliphatic carbocycles. The molecule has 15 heteroatoms. The molecule has 6 rings (SSSR count). The zero-order valence-electron chi connectivity index (χ0n) is 32.8. The molecule has 3 aromatic heterocycles. The number of H-pyrrole nitrogens is 2. The summed E-state index contributed by atoms with van der Waals surface area (Å²) in [5.74, 6) is -0.342. The molecule has 8 bridgehead atoms. The van der Waals surface area contributed by atoms with Gasteiger partial charge in [-0.05, 0) is 99.8 Å². The van der Waals surface area contributed by atoms with E-state index in [0.717, 1.165) is 50.4 Å². The summed E-state index contributed by atoms with van der Waals surface area (Å²) in [5.41, 5.74) is 10.4. The number of fused-ring (bicyclic) bond motifs is 8. The number of aliphatic hydroxyl groups excluding tert-OH is 4. The molecular formula is C41H52N4O10S. The number of ether oxygens (including phenoxy) is 4. The summed E-state index contributed by atoms with van der Waals surface area (Å²) in [6, 6.07) is 6.02. The van der Waals surface area contributed by atoms with Gasteiger partial charge in [-0.2, -0.15) is 0 Å².